The molecule has 0 amide bonds. The van der Waals surface area contributed by atoms with Crippen molar-refractivity contribution >= 4 is 0 Å². The summed E-state index contributed by atoms with van der Waals surface area (Å²) in [6.07, 6.45) is 10.5. The first-order valence-electron chi connectivity index (χ1n) is 2.41. The molecule has 0 aromatic rings. The van der Waals surface area contributed by atoms with Crippen LogP contribution in [0.1, 0.15) is 0 Å². The molecule has 0 unspecified atom stereocenters. The van der Waals surface area contributed by atoms with Crippen molar-refractivity contribution in [2.75, 3.05) is 0 Å². The van der Waals surface area contributed by atoms with E-state index in [-0.39, 0.29) is 0 Å². The Morgan fingerprint density at radius 1 is 1.00 bits per heavy atom. The molecule has 0 saturated heterocycles. The predicted molar refractivity (Wildman–Crippen MR) is 37.1 cm³/mol. The Kier molecular flexibility index (Phi) is 5.61. The highest BCUT2D eigenvalue weighted by atomic mass is 13.6. The zero-order valence-electron chi connectivity index (χ0n) is 4.75. The lowest BCUT2D eigenvalue weighted by Crippen LogP contribution is -1.46. The van der Waals surface area contributed by atoms with Gasteiger partial charge in [-0.05, 0) is 13.8 Å². The van der Waals surface area contributed by atoms with Gasteiger partial charge in [0.2, 0.25) is 0 Å². The van der Waals surface area contributed by atoms with Gasteiger partial charge < -0.3 is 0 Å². The van der Waals surface area contributed by atoms with Crippen LogP contribution in [0.4, 0.5) is 0 Å². The van der Waals surface area contributed by atoms with E-state index < -0.39 is 0 Å². The fraction of sp³-hybridized carbons (Fsp3) is 0. The molecular weight excluding hydrogens is 96.1 g/mol. The van der Waals surface area contributed by atoms with E-state index in [1.807, 2.05) is 18.2 Å². The maximum Gasteiger partial charge on any atom is -0.00925 e. The summed E-state index contributed by atoms with van der Waals surface area (Å²) in [5, 5.41) is 0. The Bertz CT molecular complexity index is 91.2. The lowest BCUT2D eigenvalue weighted by Gasteiger charge is -1.67. The van der Waals surface area contributed by atoms with E-state index in [0.717, 1.165) is 0 Å². The number of hydrogen-bond acceptors (Lipinski definition) is 0. The van der Waals surface area contributed by atoms with Crippen LogP contribution >= 0.6 is 0 Å². The van der Waals surface area contributed by atoms with Crippen molar-refractivity contribution in [3.8, 4) is 0 Å². The summed E-state index contributed by atoms with van der Waals surface area (Å²) in [6, 6.07) is 0. The molecule has 0 saturated carbocycles. The molecule has 0 heterocycles. The Morgan fingerprint density at radius 2 is 1.62 bits per heavy atom. The number of allylic oxidation sites excluding steroid dienone is 6. The highest BCUT2D eigenvalue weighted by Gasteiger charge is 1.55. The molecule has 0 heteroatoms. The smallest absolute Gasteiger partial charge is 0.00925 e. The van der Waals surface area contributed by atoms with Crippen LogP contribution in [0.15, 0.2) is 36.5 Å². The Balaban J connectivity index is 3.35. The summed E-state index contributed by atoms with van der Waals surface area (Å²) < 4.78 is 0. The summed E-state index contributed by atoms with van der Waals surface area (Å²) in [5.41, 5.74) is 0. The maximum atomic E-state index is 5.04. The summed E-state index contributed by atoms with van der Waals surface area (Å²) in [7, 11) is 0. The molecule has 0 rings (SSSR count). The Morgan fingerprint density at radius 3 is 2.12 bits per heavy atom. The number of hydrogen-bond donors (Lipinski definition) is 0. The van der Waals surface area contributed by atoms with Gasteiger partial charge in [-0.3, -0.25) is 0 Å². The van der Waals surface area contributed by atoms with Gasteiger partial charge in [-0.15, -0.1) is 0 Å². The van der Waals surface area contributed by atoms with E-state index in [9.17, 15) is 0 Å². The van der Waals surface area contributed by atoms with Crippen LogP contribution in [-0.4, -0.2) is 0 Å². The van der Waals surface area contributed by atoms with Gasteiger partial charge in [-0.1, -0.05) is 36.5 Å². The summed E-state index contributed by atoms with van der Waals surface area (Å²) in [5.74, 6) is 0. The second kappa shape index (κ2) is 6.22. The van der Waals surface area contributed by atoms with E-state index in [0.29, 0.717) is 0 Å². The van der Waals surface area contributed by atoms with Gasteiger partial charge in [0, 0.05) is 0 Å². The lowest BCUT2D eigenvalue weighted by molar-refractivity contribution is 1.88. The van der Waals surface area contributed by atoms with E-state index in [1.165, 1.54) is 6.08 Å². The van der Waals surface area contributed by atoms with E-state index in [2.05, 4.69) is 6.92 Å². The molecule has 3 radical (unpaired) electrons. The summed E-state index contributed by atoms with van der Waals surface area (Å²) >= 11 is 0. The fourth-order valence-electron chi connectivity index (χ4n) is 0.271. The highest BCUT2D eigenvalue weighted by molar-refractivity contribution is 5.11. The molecule has 41 valence electrons. The standard InChI is InChI=1S/C8H9/c1-3-5-7-8-6-4-2/h1,3-8H,2H2/b5-3+,6-4+,8-7+. The first-order chi connectivity index (χ1) is 3.91. The predicted octanol–water partition coefficient (Wildman–Crippen LogP) is 2.20. The molecule has 0 fully saturated rings. The fourth-order valence-corrected chi connectivity index (χ4v) is 0.271. The normalized spacial score (nSPS) is 12.8. The highest BCUT2D eigenvalue weighted by Crippen LogP contribution is 1.77. The van der Waals surface area contributed by atoms with Gasteiger partial charge in [0.25, 0.3) is 0 Å². The molecule has 0 aliphatic carbocycles. The molecule has 0 aliphatic rings. The summed E-state index contributed by atoms with van der Waals surface area (Å²) in [4.78, 5) is 0. The van der Waals surface area contributed by atoms with Crippen LogP contribution in [0.2, 0.25) is 0 Å². The van der Waals surface area contributed by atoms with Crippen molar-refractivity contribution in [2.45, 2.75) is 0 Å². The van der Waals surface area contributed by atoms with Crippen molar-refractivity contribution in [3.05, 3.63) is 50.3 Å². The van der Waals surface area contributed by atoms with E-state index in [1.54, 1.807) is 12.2 Å². The van der Waals surface area contributed by atoms with Crippen molar-refractivity contribution in [2.24, 2.45) is 0 Å². The minimum absolute atomic E-state index is 1.48. The Hall–Kier alpha value is -0.780. The molecule has 0 aliphatic heterocycles. The van der Waals surface area contributed by atoms with Gasteiger partial charge in [0.05, 0.1) is 0 Å². The largest absolute Gasteiger partial charge is 0.0842 e. The third-order valence-corrected chi connectivity index (χ3v) is 0.581. The van der Waals surface area contributed by atoms with Crippen molar-refractivity contribution < 1.29 is 0 Å². The molecule has 0 aromatic heterocycles. The van der Waals surface area contributed by atoms with Gasteiger partial charge in [-0.25, -0.2) is 0 Å². The average Bonchev–Trinajstić information content (AvgIpc) is 1.81. The van der Waals surface area contributed by atoms with Crippen LogP contribution in [-0.2, 0) is 0 Å². The Labute approximate surface area is 51.2 Å². The van der Waals surface area contributed by atoms with Crippen molar-refractivity contribution in [1.29, 1.82) is 0 Å². The quantitative estimate of drug-likeness (QED) is 0.472. The minimum atomic E-state index is 1.48. The first-order valence-corrected chi connectivity index (χ1v) is 2.41. The first kappa shape index (κ1) is 7.22. The third kappa shape index (κ3) is 5.22. The average molecular weight is 105 g/mol. The minimum Gasteiger partial charge on any atom is -0.0842 e. The van der Waals surface area contributed by atoms with Gasteiger partial charge >= 0.3 is 0 Å². The summed E-state index contributed by atoms with van der Waals surface area (Å²) in [6.45, 7) is 8.54. The lowest BCUT2D eigenvalue weighted by atomic mass is 10.4. The molecule has 0 nitrogen and oxygen atoms in total. The van der Waals surface area contributed by atoms with E-state index in [4.69, 9.17) is 6.92 Å². The molecule has 0 aromatic carbocycles. The van der Waals surface area contributed by atoms with Crippen molar-refractivity contribution in [1.82, 2.24) is 0 Å². The topological polar surface area (TPSA) is 0 Å². The van der Waals surface area contributed by atoms with Gasteiger partial charge in [0.1, 0.15) is 0 Å². The molecule has 0 bridgehead atoms. The zero-order valence-corrected chi connectivity index (χ0v) is 4.75. The molecule has 0 spiro atoms. The molecular formula is C8H9. The van der Waals surface area contributed by atoms with Crippen LogP contribution in [0, 0.1) is 13.8 Å². The SMILES string of the molecule is [CH]/C=C/C=C/C=C/[CH2]. The monoisotopic (exact) mass is 105 g/mol. The maximum absolute atomic E-state index is 5.04. The van der Waals surface area contributed by atoms with Gasteiger partial charge in [0.15, 0.2) is 0 Å². The van der Waals surface area contributed by atoms with Crippen molar-refractivity contribution in [3.63, 3.8) is 0 Å². The third-order valence-electron chi connectivity index (χ3n) is 0.581. The second-order valence-corrected chi connectivity index (χ2v) is 1.20. The van der Waals surface area contributed by atoms with E-state index >= 15 is 0 Å². The molecule has 0 atom stereocenters. The van der Waals surface area contributed by atoms with Gasteiger partial charge in [-0.2, -0.15) is 0 Å². The zero-order chi connectivity index (χ0) is 6.24. The second-order valence-electron chi connectivity index (χ2n) is 1.20. The molecule has 0 N–H and O–H groups in total. The van der Waals surface area contributed by atoms with Crippen LogP contribution in [0.3, 0.4) is 0 Å². The van der Waals surface area contributed by atoms with Crippen LogP contribution in [0.5, 0.6) is 0 Å². The molecule has 8 heavy (non-hydrogen) atoms. The van der Waals surface area contributed by atoms with Crippen LogP contribution in [0.25, 0.3) is 0 Å². The van der Waals surface area contributed by atoms with Crippen LogP contribution < -0.4 is 0 Å². The number of rotatable bonds is 2.